The second-order valence-electron chi connectivity index (χ2n) is 4.56. The maximum atomic E-state index is 11.7. The SMILES string of the molecule is CC(C)(C)S(=O)(=O)NC(CCC(=O)O)C(=O)O. The highest BCUT2D eigenvalue weighted by Gasteiger charge is 2.33. The molecule has 0 aliphatic heterocycles. The summed E-state index contributed by atoms with van der Waals surface area (Å²) in [7, 11) is -3.81. The zero-order valence-electron chi connectivity index (χ0n) is 9.93. The first-order valence-electron chi connectivity index (χ1n) is 4.94. The van der Waals surface area contributed by atoms with Crippen LogP contribution in [0.2, 0.25) is 0 Å². The van der Waals surface area contributed by atoms with E-state index in [0.29, 0.717) is 0 Å². The number of carbonyl (C=O) groups is 2. The highest BCUT2D eigenvalue weighted by atomic mass is 32.2. The Balaban J connectivity index is 4.79. The largest absolute Gasteiger partial charge is 0.481 e. The van der Waals surface area contributed by atoms with Crippen molar-refractivity contribution in [3.63, 3.8) is 0 Å². The first-order chi connectivity index (χ1) is 7.47. The molecule has 0 spiro atoms. The molecule has 0 bridgehead atoms. The number of carboxylic acid groups (broad SMARTS) is 2. The standard InChI is InChI=1S/C9H17NO6S/c1-9(2,3)17(15,16)10-6(8(13)14)4-5-7(11)12/h6,10H,4-5H2,1-3H3,(H,11,12)(H,13,14). The maximum absolute atomic E-state index is 11.7. The van der Waals surface area contributed by atoms with E-state index in [2.05, 4.69) is 0 Å². The molecule has 7 nitrogen and oxygen atoms in total. The summed E-state index contributed by atoms with van der Waals surface area (Å²) >= 11 is 0. The van der Waals surface area contributed by atoms with Crippen LogP contribution in [-0.4, -0.2) is 41.4 Å². The maximum Gasteiger partial charge on any atom is 0.321 e. The average molecular weight is 267 g/mol. The van der Waals surface area contributed by atoms with Crippen LogP contribution in [0.3, 0.4) is 0 Å². The van der Waals surface area contributed by atoms with Crippen molar-refractivity contribution in [1.29, 1.82) is 0 Å². The van der Waals surface area contributed by atoms with Crippen molar-refractivity contribution in [2.75, 3.05) is 0 Å². The van der Waals surface area contributed by atoms with Crippen molar-refractivity contribution < 1.29 is 28.2 Å². The van der Waals surface area contributed by atoms with Gasteiger partial charge in [0.2, 0.25) is 10.0 Å². The second-order valence-corrected chi connectivity index (χ2v) is 7.02. The van der Waals surface area contributed by atoms with Gasteiger partial charge in [0.05, 0.1) is 4.75 Å². The van der Waals surface area contributed by atoms with Gasteiger partial charge in [-0.3, -0.25) is 9.59 Å². The Morgan fingerprint density at radius 1 is 1.24 bits per heavy atom. The van der Waals surface area contributed by atoms with Crippen LogP contribution in [0.4, 0.5) is 0 Å². The van der Waals surface area contributed by atoms with Gasteiger partial charge in [-0.05, 0) is 27.2 Å². The van der Waals surface area contributed by atoms with Crippen LogP contribution in [0.15, 0.2) is 0 Å². The summed E-state index contributed by atoms with van der Waals surface area (Å²) in [6, 6.07) is -1.42. The monoisotopic (exact) mass is 267 g/mol. The van der Waals surface area contributed by atoms with Gasteiger partial charge in [0.1, 0.15) is 6.04 Å². The summed E-state index contributed by atoms with van der Waals surface area (Å²) in [5.74, 6) is -2.56. The van der Waals surface area contributed by atoms with Gasteiger partial charge in [0.15, 0.2) is 0 Å². The van der Waals surface area contributed by atoms with Gasteiger partial charge >= 0.3 is 11.9 Å². The number of rotatable bonds is 6. The van der Waals surface area contributed by atoms with Crippen molar-refractivity contribution in [2.24, 2.45) is 0 Å². The number of sulfonamides is 1. The fourth-order valence-corrected chi connectivity index (χ4v) is 1.81. The first-order valence-corrected chi connectivity index (χ1v) is 6.42. The molecule has 0 aromatic carbocycles. The van der Waals surface area contributed by atoms with Gasteiger partial charge in [-0.1, -0.05) is 0 Å². The lowest BCUT2D eigenvalue weighted by Crippen LogP contribution is -2.48. The third kappa shape index (κ3) is 5.14. The summed E-state index contributed by atoms with van der Waals surface area (Å²) in [5.41, 5.74) is 0. The molecule has 3 N–H and O–H groups in total. The van der Waals surface area contributed by atoms with Crippen LogP contribution in [0.5, 0.6) is 0 Å². The highest BCUT2D eigenvalue weighted by Crippen LogP contribution is 2.14. The minimum Gasteiger partial charge on any atom is -0.481 e. The van der Waals surface area contributed by atoms with E-state index in [0.717, 1.165) is 0 Å². The summed E-state index contributed by atoms with van der Waals surface area (Å²) in [5, 5.41) is 17.2. The number of nitrogens with one attached hydrogen (secondary N) is 1. The molecule has 0 aliphatic carbocycles. The Hall–Kier alpha value is -1.15. The normalized spacial score (nSPS) is 14.3. The molecule has 0 amide bonds. The molecule has 0 aliphatic rings. The quantitative estimate of drug-likeness (QED) is 0.624. The molecule has 0 aromatic rings. The molecule has 0 rings (SSSR count). The Morgan fingerprint density at radius 3 is 2.00 bits per heavy atom. The van der Waals surface area contributed by atoms with Crippen molar-refractivity contribution in [2.45, 2.75) is 44.4 Å². The van der Waals surface area contributed by atoms with E-state index in [9.17, 15) is 18.0 Å². The molecule has 1 unspecified atom stereocenters. The topological polar surface area (TPSA) is 121 Å². The molecule has 100 valence electrons. The third-order valence-electron chi connectivity index (χ3n) is 2.05. The number of aliphatic carboxylic acids is 2. The van der Waals surface area contributed by atoms with Gasteiger partial charge in [-0.25, -0.2) is 13.1 Å². The van der Waals surface area contributed by atoms with Crippen LogP contribution in [0.25, 0.3) is 0 Å². The zero-order valence-corrected chi connectivity index (χ0v) is 10.7. The fraction of sp³-hybridized carbons (Fsp3) is 0.778. The van der Waals surface area contributed by atoms with Crippen LogP contribution < -0.4 is 4.72 Å². The molecule has 1 atom stereocenters. The van der Waals surface area contributed by atoms with Crippen LogP contribution >= 0.6 is 0 Å². The Labute approximate surface area is 99.9 Å². The van der Waals surface area contributed by atoms with Crippen molar-refractivity contribution >= 4 is 22.0 Å². The molecular formula is C9H17NO6S. The van der Waals surface area contributed by atoms with Gasteiger partial charge in [-0.15, -0.1) is 0 Å². The molecule has 0 saturated heterocycles. The molecule has 0 fully saturated rings. The van der Waals surface area contributed by atoms with E-state index in [1.165, 1.54) is 20.8 Å². The van der Waals surface area contributed by atoms with Crippen molar-refractivity contribution in [3.8, 4) is 0 Å². The van der Waals surface area contributed by atoms with Crippen LogP contribution in [0, 0.1) is 0 Å². The van der Waals surface area contributed by atoms with Gasteiger partial charge in [-0.2, -0.15) is 0 Å². The van der Waals surface area contributed by atoms with Crippen molar-refractivity contribution in [1.82, 2.24) is 4.72 Å². The summed E-state index contributed by atoms with van der Waals surface area (Å²) in [6.07, 6.45) is -0.705. The lowest BCUT2D eigenvalue weighted by atomic mass is 10.2. The third-order valence-corrected chi connectivity index (χ3v) is 4.26. The zero-order chi connectivity index (χ0) is 13.9. The molecule has 17 heavy (non-hydrogen) atoms. The van der Waals surface area contributed by atoms with E-state index in [-0.39, 0.29) is 6.42 Å². The lowest BCUT2D eigenvalue weighted by molar-refractivity contribution is -0.140. The van der Waals surface area contributed by atoms with E-state index in [1.807, 2.05) is 4.72 Å². The van der Waals surface area contributed by atoms with E-state index in [4.69, 9.17) is 10.2 Å². The van der Waals surface area contributed by atoms with Crippen LogP contribution in [-0.2, 0) is 19.6 Å². The predicted octanol–water partition coefficient (Wildman–Crippen LogP) is 0.0223. The summed E-state index contributed by atoms with van der Waals surface area (Å²) in [4.78, 5) is 21.1. The smallest absolute Gasteiger partial charge is 0.321 e. The van der Waals surface area contributed by atoms with E-state index < -0.39 is 39.2 Å². The predicted molar refractivity (Wildman–Crippen MR) is 60.1 cm³/mol. The summed E-state index contributed by atoms with van der Waals surface area (Å²) < 4.78 is 24.2. The lowest BCUT2D eigenvalue weighted by Gasteiger charge is -2.22. The van der Waals surface area contributed by atoms with Gasteiger partial charge < -0.3 is 10.2 Å². The van der Waals surface area contributed by atoms with Crippen LogP contribution in [0.1, 0.15) is 33.6 Å². The molecular weight excluding hydrogens is 250 g/mol. The first kappa shape index (κ1) is 15.9. The minimum absolute atomic E-state index is 0.292. The number of hydrogen-bond acceptors (Lipinski definition) is 4. The van der Waals surface area contributed by atoms with E-state index in [1.54, 1.807) is 0 Å². The number of hydrogen-bond donors (Lipinski definition) is 3. The Bertz CT molecular complexity index is 394. The fourth-order valence-electron chi connectivity index (χ4n) is 0.865. The number of carboxylic acids is 2. The van der Waals surface area contributed by atoms with Crippen molar-refractivity contribution in [3.05, 3.63) is 0 Å². The minimum atomic E-state index is -3.81. The summed E-state index contributed by atoms with van der Waals surface area (Å²) in [6.45, 7) is 4.27. The molecule has 0 radical (unpaired) electrons. The average Bonchev–Trinajstić information content (AvgIpc) is 2.09. The van der Waals surface area contributed by atoms with Gasteiger partial charge in [0.25, 0.3) is 0 Å². The molecule has 0 saturated carbocycles. The highest BCUT2D eigenvalue weighted by molar-refractivity contribution is 7.90. The molecule has 0 aromatic heterocycles. The molecule has 0 heterocycles. The Kier molecular flexibility index (Phi) is 5.09. The Morgan fingerprint density at radius 2 is 1.71 bits per heavy atom. The van der Waals surface area contributed by atoms with Gasteiger partial charge in [0, 0.05) is 6.42 Å². The second kappa shape index (κ2) is 5.46. The molecule has 8 heteroatoms. The van der Waals surface area contributed by atoms with E-state index >= 15 is 0 Å².